The molecular weight excluding hydrogens is 675 g/mol. The van der Waals surface area contributed by atoms with Crippen LogP contribution in [-0.2, 0) is 0 Å². The van der Waals surface area contributed by atoms with Gasteiger partial charge >= 0.3 is 0 Å². The summed E-state index contributed by atoms with van der Waals surface area (Å²) in [7, 11) is 0. The molecule has 1 aliphatic rings. The molecule has 56 heavy (non-hydrogen) atoms. The van der Waals surface area contributed by atoms with E-state index in [1.165, 1.54) is 104 Å². The smallest absolute Gasteiger partial charge is 0.0541 e. The molecule has 0 saturated heterocycles. The molecule has 0 fully saturated rings. The maximum Gasteiger partial charge on any atom is 0.0541 e. The highest BCUT2D eigenvalue weighted by Crippen LogP contribution is 2.49. The zero-order chi connectivity index (χ0) is 36.7. The van der Waals surface area contributed by atoms with Crippen molar-refractivity contribution in [1.29, 1.82) is 0 Å². The third kappa shape index (κ3) is 4.68. The highest BCUT2D eigenvalue weighted by Gasteiger charge is 2.30. The quantitative estimate of drug-likeness (QED) is 0.160. The molecule has 12 rings (SSSR count). The van der Waals surface area contributed by atoms with Crippen molar-refractivity contribution < 1.29 is 0 Å². The van der Waals surface area contributed by atoms with Crippen LogP contribution in [0.1, 0.15) is 22.6 Å². The minimum Gasteiger partial charge on any atom is -0.309 e. The Hall–Kier alpha value is -7.22. The molecule has 0 saturated carbocycles. The zero-order valence-corrected chi connectivity index (χ0v) is 30.7. The van der Waals surface area contributed by atoms with Gasteiger partial charge in [-0.1, -0.05) is 164 Å². The molecule has 0 amide bonds. The van der Waals surface area contributed by atoms with Crippen LogP contribution in [0.3, 0.4) is 0 Å². The first-order valence-corrected chi connectivity index (χ1v) is 19.5. The molecule has 1 heterocycles. The molecule has 10 aromatic carbocycles. The summed E-state index contributed by atoms with van der Waals surface area (Å²) in [6, 6.07) is 76.5. The van der Waals surface area contributed by atoms with Crippen LogP contribution in [-0.4, -0.2) is 4.57 Å². The summed E-state index contributed by atoms with van der Waals surface area (Å²) in [5.41, 5.74) is 15.3. The number of benzene rings is 10. The first-order chi connectivity index (χ1) is 27.8. The number of fused-ring (bicyclic) bond motifs is 11. The fourth-order valence-electron chi connectivity index (χ4n) is 9.63. The number of para-hydroxylation sites is 1. The van der Waals surface area contributed by atoms with Crippen molar-refractivity contribution in [1.82, 2.24) is 4.57 Å². The van der Waals surface area contributed by atoms with Gasteiger partial charge in [-0.05, 0) is 125 Å². The van der Waals surface area contributed by atoms with Gasteiger partial charge in [0.2, 0.25) is 0 Å². The Morgan fingerprint density at radius 1 is 0.304 bits per heavy atom. The molecule has 1 atom stereocenters. The Kier molecular flexibility index (Phi) is 6.76. The Bertz CT molecular complexity index is 3350. The van der Waals surface area contributed by atoms with Gasteiger partial charge < -0.3 is 4.57 Å². The minimum atomic E-state index is 0.228. The standard InChI is InChI=1S/C55H35N/c1-2-11-37(12-3-1)55-50-16-7-6-14-45(50)48-29-22-39(34-52(48)55)40-24-31-54-51(33-40)49-15-8-9-17-53(49)56(54)42-25-18-35(19-26-42)38-21-27-44-41(32-38)23-30-46-43-13-5-4-10-36(43)20-28-47(44)46/h1-34,55H. The molecule has 0 spiro atoms. The van der Waals surface area contributed by atoms with Crippen LogP contribution in [0.5, 0.6) is 0 Å². The van der Waals surface area contributed by atoms with Crippen LogP contribution in [0.15, 0.2) is 206 Å². The minimum absolute atomic E-state index is 0.228. The number of nitrogens with zero attached hydrogens (tertiary/aromatic N) is 1. The second-order valence-electron chi connectivity index (χ2n) is 15.2. The molecule has 0 N–H and O–H groups in total. The van der Waals surface area contributed by atoms with Crippen LogP contribution < -0.4 is 0 Å². The maximum atomic E-state index is 2.43. The van der Waals surface area contributed by atoms with E-state index in [0.717, 1.165) is 5.69 Å². The van der Waals surface area contributed by atoms with Gasteiger partial charge in [0.1, 0.15) is 0 Å². The summed E-state index contributed by atoms with van der Waals surface area (Å²) in [6.07, 6.45) is 0. The molecule has 11 aromatic rings. The van der Waals surface area contributed by atoms with Crippen molar-refractivity contribution >= 4 is 54.1 Å². The maximum absolute atomic E-state index is 2.43. The van der Waals surface area contributed by atoms with E-state index in [1.807, 2.05) is 0 Å². The summed E-state index contributed by atoms with van der Waals surface area (Å²) in [5, 5.41) is 10.3. The van der Waals surface area contributed by atoms with Crippen LogP contribution in [0.25, 0.3) is 93.2 Å². The van der Waals surface area contributed by atoms with Crippen molar-refractivity contribution in [2.75, 3.05) is 0 Å². The predicted octanol–water partition coefficient (Wildman–Crippen LogP) is 14.7. The summed E-state index contributed by atoms with van der Waals surface area (Å²) in [6.45, 7) is 0. The Labute approximate surface area is 325 Å². The average molecular weight is 710 g/mol. The van der Waals surface area contributed by atoms with E-state index in [4.69, 9.17) is 0 Å². The first-order valence-electron chi connectivity index (χ1n) is 19.5. The molecule has 1 aliphatic carbocycles. The third-order valence-corrected chi connectivity index (χ3v) is 12.3. The van der Waals surface area contributed by atoms with Gasteiger partial charge in [-0.25, -0.2) is 0 Å². The van der Waals surface area contributed by atoms with E-state index in [-0.39, 0.29) is 5.92 Å². The second kappa shape index (κ2) is 12.1. The molecular formula is C55H35N. The molecule has 0 bridgehead atoms. The lowest BCUT2D eigenvalue weighted by Crippen LogP contribution is -1.99. The Morgan fingerprint density at radius 2 is 0.893 bits per heavy atom. The number of hydrogen-bond donors (Lipinski definition) is 0. The normalized spacial score (nSPS) is 13.5. The largest absolute Gasteiger partial charge is 0.309 e. The molecule has 1 nitrogen and oxygen atoms in total. The van der Waals surface area contributed by atoms with Gasteiger partial charge in [0.25, 0.3) is 0 Å². The predicted molar refractivity (Wildman–Crippen MR) is 237 cm³/mol. The summed E-state index contributed by atoms with van der Waals surface area (Å²) in [4.78, 5) is 0. The molecule has 0 aliphatic heterocycles. The Morgan fingerprint density at radius 3 is 1.77 bits per heavy atom. The fraction of sp³-hybridized carbons (Fsp3) is 0.0182. The SMILES string of the molecule is c1ccc(C2c3ccccc3-c3ccc(-c4ccc5c(c4)c4ccccc4n5-c4ccc(-c5ccc6c(ccc7c8ccccc8ccc67)c5)cc4)cc32)cc1. The van der Waals surface area contributed by atoms with E-state index < -0.39 is 0 Å². The first kappa shape index (κ1) is 31.2. The van der Waals surface area contributed by atoms with Gasteiger partial charge in [0.15, 0.2) is 0 Å². The van der Waals surface area contributed by atoms with Crippen LogP contribution in [0.4, 0.5) is 0 Å². The van der Waals surface area contributed by atoms with Gasteiger partial charge in [-0.3, -0.25) is 0 Å². The van der Waals surface area contributed by atoms with Gasteiger partial charge in [0, 0.05) is 22.4 Å². The zero-order valence-electron chi connectivity index (χ0n) is 30.7. The van der Waals surface area contributed by atoms with Crippen molar-refractivity contribution in [3.05, 3.63) is 223 Å². The van der Waals surface area contributed by atoms with Crippen LogP contribution >= 0.6 is 0 Å². The van der Waals surface area contributed by atoms with E-state index in [9.17, 15) is 0 Å². The number of rotatable bonds is 4. The monoisotopic (exact) mass is 709 g/mol. The lowest BCUT2D eigenvalue weighted by Gasteiger charge is -2.15. The molecule has 1 unspecified atom stereocenters. The summed E-state index contributed by atoms with van der Waals surface area (Å²) >= 11 is 0. The summed E-state index contributed by atoms with van der Waals surface area (Å²) < 4.78 is 2.42. The molecule has 1 heteroatoms. The highest BCUT2D eigenvalue weighted by atomic mass is 15.0. The van der Waals surface area contributed by atoms with Crippen LogP contribution in [0.2, 0.25) is 0 Å². The van der Waals surface area contributed by atoms with Crippen LogP contribution in [0, 0.1) is 0 Å². The van der Waals surface area contributed by atoms with Crippen molar-refractivity contribution in [2.24, 2.45) is 0 Å². The lowest BCUT2D eigenvalue weighted by atomic mass is 9.88. The average Bonchev–Trinajstić information content (AvgIpc) is 3.78. The summed E-state index contributed by atoms with van der Waals surface area (Å²) in [5.74, 6) is 0.228. The van der Waals surface area contributed by atoms with Crippen molar-refractivity contribution in [2.45, 2.75) is 5.92 Å². The molecule has 260 valence electrons. The third-order valence-electron chi connectivity index (χ3n) is 12.3. The molecule has 1 aromatic heterocycles. The van der Waals surface area contributed by atoms with Gasteiger partial charge in [-0.15, -0.1) is 0 Å². The van der Waals surface area contributed by atoms with E-state index >= 15 is 0 Å². The number of hydrogen-bond acceptors (Lipinski definition) is 0. The van der Waals surface area contributed by atoms with E-state index in [2.05, 4.69) is 211 Å². The lowest BCUT2D eigenvalue weighted by molar-refractivity contribution is 1.02. The van der Waals surface area contributed by atoms with Crippen molar-refractivity contribution in [3.63, 3.8) is 0 Å². The Balaban J connectivity index is 0.925. The van der Waals surface area contributed by atoms with Gasteiger partial charge in [0.05, 0.1) is 11.0 Å². The van der Waals surface area contributed by atoms with Gasteiger partial charge in [-0.2, -0.15) is 0 Å². The fourth-order valence-corrected chi connectivity index (χ4v) is 9.63. The highest BCUT2D eigenvalue weighted by molar-refractivity contribution is 6.17. The number of aromatic nitrogens is 1. The van der Waals surface area contributed by atoms with E-state index in [1.54, 1.807) is 0 Å². The second-order valence-corrected chi connectivity index (χ2v) is 15.2. The molecule has 0 radical (unpaired) electrons. The topological polar surface area (TPSA) is 4.93 Å². The van der Waals surface area contributed by atoms with Crippen molar-refractivity contribution in [3.8, 4) is 39.1 Å². The van der Waals surface area contributed by atoms with E-state index in [0.29, 0.717) is 0 Å².